The van der Waals surface area contributed by atoms with Gasteiger partial charge in [-0.2, -0.15) is 0 Å². The van der Waals surface area contributed by atoms with E-state index in [-0.39, 0.29) is 46.2 Å². The zero-order valence-electron chi connectivity index (χ0n) is 38.3. The second kappa shape index (κ2) is 16.7. The molecule has 4 saturated carbocycles. The van der Waals surface area contributed by atoms with Crippen molar-refractivity contribution in [3.8, 4) is 0 Å². The minimum Gasteiger partial charge on any atom is -0.481 e. The van der Waals surface area contributed by atoms with Crippen molar-refractivity contribution in [2.75, 3.05) is 13.2 Å². The summed E-state index contributed by atoms with van der Waals surface area (Å²) in [6, 6.07) is 0. The number of ether oxygens (including phenoxy) is 6. The molecule has 63 heavy (non-hydrogen) atoms. The second-order valence-electron chi connectivity index (χ2n) is 23.0. The molecule has 0 bridgehead atoms. The van der Waals surface area contributed by atoms with Crippen LogP contribution in [0.4, 0.5) is 0 Å². The minimum absolute atomic E-state index is 0.0289. The number of allylic oxidation sites excluding steroid dienone is 2. The predicted molar refractivity (Wildman–Crippen MR) is 223 cm³/mol. The quantitative estimate of drug-likeness (QED) is 0.125. The van der Waals surface area contributed by atoms with Crippen LogP contribution in [0, 0.1) is 50.2 Å². The molecule has 0 radical (unpaired) electrons. The highest BCUT2D eigenvalue weighted by Crippen LogP contribution is 2.76. The molecular weight excluding hydrogens is 821 g/mol. The fourth-order valence-corrected chi connectivity index (χ4v) is 14.8. The van der Waals surface area contributed by atoms with Gasteiger partial charge in [-0.1, -0.05) is 60.1 Å². The Balaban J connectivity index is 1.04. The molecule has 3 saturated heterocycles. The van der Waals surface area contributed by atoms with Crippen LogP contribution in [-0.4, -0.2) is 157 Å². The Morgan fingerprint density at radius 2 is 1.37 bits per heavy atom. The molecule has 360 valence electrons. The Hall–Kier alpha value is -1.35. The highest BCUT2D eigenvalue weighted by Gasteiger charge is 2.70. The molecule has 9 N–H and O–H groups in total. The molecule has 3 heterocycles. The summed E-state index contributed by atoms with van der Waals surface area (Å²) >= 11 is 0. The number of hydrogen-bond acceptors (Lipinski definition) is 15. The average Bonchev–Trinajstić information content (AvgIpc) is 3.22. The molecule has 0 aromatic heterocycles. The van der Waals surface area contributed by atoms with Crippen LogP contribution in [0.2, 0.25) is 0 Å². The molecule has 16 heteroatoms. The van der Waals surface area contributed by atoms with Crippen molar-refractivity contribution in [3.63, 3.8) is 0 Å². The molecule has 16 nitrogen and oxygen atoms in total. The van der Waals surface area contributed by atoms with E-state index in [2.05, 4.69) is 54.5 Å². The smallest absolute Gasteiger partial charge is 0.310 e. The van der Waals surface area contributed by atoms with Crippen LogP contribution in [0.1, 0.15) is 120 Å². The summed E-state index contributed by atoms with van der Waals surface area (Å²) in [5.74, 6) is -0.0288. The van der Waals surface area contributed by atoms with Gasteiger partial charge in [0.05, 0.1) is 30.8 Å². The van der Waals surface area contributed by atoms with Gasteiger partial charge in [-0.3, -0.25) is 4.79 Å². The van der Waals surface area contributed by atoms with Crippen LogP contribution in [-0.2, 0) is 33.2 Å². The molecule has 8 aliphatic rings. The number of fused-ring (bicyclic) bond motifs is 7. The summed E-state index contributed by atoms with van der Waals surface area (Å²) in [4.78, 5) is 13.1. The number of rotatable bonds is 8. The number of carboxylic acids is 1. The first-order valence-electron chi connectivity index (χ1n) is 23.6. The van der Waals surface area contributed by atoms with E-state index in [0.29, 0.717) is 18.8 Å². The fourth-order valence-electron chi connectivity index (χ4n) is 14.8. The lowest BCUT2D eigenvalue weighted by atomic mass is 9.33. The molecule has 0 aromatic carbocycles. The topological polar surface area (TPSA) is 255 Å². The monoisotopic (exact) mass is 897 g/mol. The molecule has 0 unspecified atom stereocenters. The largest absolute Gasteiger partial charge is 0.481 e. The van der Waals surface area contributed by atoms with Gasteiger partial charge in [0.1, 0.15) is 61.0 Å². The lowest BCUT2D eigenvalue weighted by molar-refractivity contribution is -0.380. The van der Waals surface area contributed by atoms with Gasteiger partial charge >= 0.3 is 5.97 Å². The SMILES string of the molecule is C[C@H]1O[C@@H](O[C@@H]2[C@H](O[C@@H]3CC[C@@]4(C)[C@H](CC[C@]5(C)[C@@H]4CC=C4[C@@H]6CC(C)(C)CC[C@]6(C(=O)O)CC[C@@]45C)C3(C)C)OC[C@@H](O[C@H]3O[C@@H](CO)[C@H](O)[C@@H](O)[C@@H]3O)[C@@H]2O)[C@H](O)[C@H](O)[C@@H]1O. The van der Waals surface area contributed by atoms with Crippen LogP contribution in [0.5, 0.6) is 0 Å². The highest BCUT2D eigenvalue weighted by molar-refractivity contribution is 5.76. The molecule has 5 aliphatic carbocycles. The standard InChI is InChI=1S/C47H76O16/c1-22-30(49)33(52)35(54)38(59-22)63-37-32(51)26(61-39-36(55)34(53)31(50)25(20-48)60-39)21-58-40(37)62-29-12-13-44(6)27(43(29,4)5)11-14-46(8)28(44)10-9-23-24-19-42(2,3)15-17-47(24,41(56)57)18-16-45(23,46)7/h9,22,24-40,48-55H,10-21H2,1-8H3,(H,56,57)/t22-,24+,25+,26-,27-,28-,29-,30-,31+,32+,33-,34-,35-,36+,37+,38+,39-,40+,44+,45+,46-,47+/m1/s1. The normalized spacial score (nSPS) is 54.1. The summed E-state index contributed by atoms with van der Waals surface area (Å²) in [6.45, 7) is 17.0. The van der Waals surface area contributed by atoms with Crippen molar-refractivity contribution in [3.05, 3.63) is 11.6 Å². The van der Waals surface area contributed by atoms with Crippen LogP contribution in [0.3, 0.4) is 0 Å². The molecule has 0 spiro atoms. The van der Waals surface area contributed by atoms with Crippen molar-refractivity contribution in [1.82, 2.24) is 0 Å². The summed E-state index contributed by atoms with van der Waals surface area (Å²) in [6.07, 6.45) is -10.1. The molecule has 22 atom stereocenters. The Kier molecular flexibility index (Phi) is 12.8. The average molecular weight is 897 g/mol. The van der Waals surface area contributed by atoms with E-state index in [4.69, 9.17) is 28.4 Å². The number of aliphatic hydroxyl groups excluding tert-OH is 8. The Labute approximate surface area is 371 Å². The van der Waals surface area contributed by atoms with E-state index in [1.807, 2.05) is 0 Å². The Morgan fingerprint density at radius 3 is 2.03 bits per heavy atom. The zero-order chi connectivity index (χ0) is 46.0. The van der Waals surface area contributed by atoms with Gasteiger partial charge in [0.2, 0.25) is 0 Å². The van der Waals surface area contributed by atoms with Crippen LogP contribution < -0.4 is 0 Å². The molecule has 0 aromatic rings. The third-order valence-electron chi connectivity index (χ3n) is 19.0. The van der Waals surface area contributed by atoms with Crippen molar-refractivity contribution in [2.45, 2.75) is 212 Å². The molecule has 7 fully saturated rings. The van der Waals surface area contributed by atoms with Gasteiger partial charge in [0, 0.05) is 0 Å². The Bertz CT molecular complexity index is 1720. The molecule has 0 amide bonds. The first-order valence-corrected chi connectivity index (χ1v) is 23.6. The summed E-state index contributed by atoms with van der Waals surface area (Å²) in [5, 5.41) is 96.0. The third kappa shape index (κ3) is 7.51. The van der Waals surface area contributed by atoms with E-state index in [1.165, 1.54) is 12.5 Å². The number of carbonyl (C=O) groups is 1. The van der Waals surface area contributed by atoms with Crippen molar-refractivity contribution < 1.29 is 79.2 Å². The molecular formula is C47H76O16. The van der Waals surface area contributed by atoms with E-state index < -0.39 is 109 Å². The summed E-state index contributed by atoms with van der Waals surface area (Å²) < 4.78 is 36.7. The first kappa shape index (κ1) is 48.1. The molecule has 3 aliphatic heterocycles. The fraction of sp³-hybridized carbons (Fsp3) is 0.936. The maximum atomic E-state index is 13.1. The lowest BCUT2D eigenvalue weighted by Crippen LogP contribution is -2.66. The van der Waals surface area contributed by atoms with Gasteiger partial charge in [-0.15, -0.1) is 0 Å². The second-order valence-corrected chi connectivity index (χ2v) is 23.0. The summed E-state index contributed by atoms with van der Waals surface area (Å²) in [5.41, 5.74) is 0.113. The van der Waals surface area contributed by atoms with Gasteiger partial charge in [-0.25, -0.2) is 0 Å². The van der Waals surface area contributed by atoms with E-state index in [9.17, 15) is 50.8 Å². The number of aliphatic carboxylic acids is 1. The van der Waals surface area contributed by atoms with E-state index in [1.54, 1.807) is 0 Å². The van der Waals surface area contributed by atoms with Crippen molar-refractivity contribution in [2.24, 2.45) is 50.2 Å². The molecule has 8 rings (SSSR count). The van der Waals surface area contributed by atoms with Gasteiger partial charge < -0.3 is 74.4 Å². The van der Waals surface area contributed by atoms with Crippen LogP contribution in [0.25, 0.3) is 0 Å². The highest BCUT2D eigenvalue weighted by atomic mass is 16.8. The maximum Gasteiger partial charge on any atom is 0.310 e. The van der Waals surface area contributed by atoms with Crippen molar-refractivity contribution in [1.29, 1.82) is 0 Å². The van der Waals surface area contributed by atoms with Crippen molar-refractivity contribution >= 4 is 5.97 Å². The first-order chi connectivity index (χ1) is 29.4. The number of carboxylic acid groups (broad SMARTS) is 1. The van der Waals surface area contributed by atoms with E-state index in [0.717, 1.165) is 51.4 Å². The van der Waals surface area contributed by atoms with Crippen LogP contribution >= 0.6 is 0 Å². The van der Waals surface area contributed by atoms with Gasteiger partial charge in [0.25, 0.3) is 0 Å². The van der Waals surface area contributed by atoms with E-state index >= 15 is 0 Å². The number of hydrogen-bond donors (Lipinski definition) is 9. The number of aliphatic hydroxyl groups is 8. The van der Waals surface area contributed by atoms with Gasteiger partial charge in [-0.05, 0) is 116 Å². The minimum atomic E-state index is -1.75. The van der Waals surface area contributed by atoms with Gasteiger partial charge in [0.15, 0.2) is 18.9 Å². The maximum absolute atomic E-state index is 13.1. The third-order valence-corrected chi connectivity index (χ3v) is 19.0. The zero-order valence-corrected chi connectivity index (χ0v) is 38.3. The summed E-state index contributed by atoms with van der Waals surface area (Å²) in [7, 11) is 0. The lowest BCUT2D eigenvalue weighted by Gasteiger charge is -2.71. The van der Waals surface area contributed by atoms with Crippen LogP contribution in [0.15, 0.2) is 11.6 Å². The Morgan fingerprint density at radius 1 is 0.714 bits per heavy atom. The predicted octanol–water partition coefficient (Wildman–Crippen LogP) is 2.37.